The number of nitrogens with zero attached hydrogens (tertiary/aromatic N) is 2. The molecule has 1 aromatic heterocycles. The van der Waals surface area contributed by atoms with Crippen molar-refractivity contribution in [3.05, 3.63) is 18.0 Å². The number of hydrogen-bond acceptors (Lipinski definition) is 2. The molecule has 3 nitrogen and oxygen atoms in total. The van der Waals surface area contributed by atoms with Crippen LogP contribution in [-0.2, 0) is 13.5 Å². The highest BCUT2D eigenvalue weighted by Crippen LogP contribution is 2.36. The smallest absolute Gasteiger partial charge is 0.0627 e. The van der Waals surface area contributed by atoms with Crippen LogP contribution in [-0.4, -0.2) is 16.3 Å². The van der Waals surface area contributed by atoms with E-state index in [0.717, 1.165) is 24.8 Å². The molecule has 0 saturated heterocycles. The molecule has 3 unspecified atom stereocenters. The molecular formula is C14H25N3. The first kappa shape index (κ1) is 12.6. The largest absolute Gasteiger partial charge is 0.330 e. The first-order valence-electron chi connectivity index (χ1n) is 6.91. The van der Waals surface area contributed by atoms with Crippen molar-refractivity contribution >= 4 is 0 Å². The van der Waals surface area contributed by atoms with Gasteiger partial charge in [0.1, 0.15) is 0 Å². The molecule has 1 aliphatic carbocycles. The van der Waals surface area contributed by atoms with Crippen molar-refractivity contribution in [1.29, 1.82) is 0 Å². The van der Waals surface area contributed by atoms with Crippen LogP contribution in [0.4, 0.5) is 0 Å². The Hall–Kier alpha value is -0.830. The number of hydrogen-bond donors (Lipinski definition) is 1. The van der Waals surface area contributed by atoms with E-state index in [1.807, 2.05) is 17.9 Å². The Balaban J connectivity index is 2.00. The van der Waals surface area contributed by atoms with Gasteiger partial charge in [0.05, 0.1) is 5.69 Å². The fourth-order valence-electron chi connectivity index (χ4n) is 3.20. The average molecular weight is 235 g/mol. The van der Waals surface area contributed by atoms with Gasteiger partial charge in [-0.2, -0.15) is 5.10 Å². The molecule has 1 aliphatic rings. The van der Waals surface area contributed by atoms with Crippen LogP contribution in [0.5, 0.6) is 0 Å². The lowest BCUT2D eigenvalue weighted by molar-refractivity contribution is 0.178. The van der Waals surface area contributed by atoms with Crippen LogP contribution >= 0.6 is 0 Å². The van der Waals surface area contributed by atoms with Gasteiger partial charge in [0.25, 0.3) is 0 Å². The van der Waals surface area contributed by atoms with Crippen molar-refractivity contribution < 1.29 is 0 Å². The minimum absolute atomic E-state index is 0.708. The van der Waals surface area contributed by atoms with Gasteiger partial charge in [0.2, 0.25) is 0 Å². The summed E-state index contributed by atoms with van der Waals surface area (Å²) in [6, 6.07) is 2.14. The lowest BCUT2D eigenvalue weighted by Crippen LogP contribution is -2.31. The summed E-state index contributed by atoms with van der Waals surface area (Å²) in [4.78, 5) is 0. The van der Waals surface area contributed by atoms with Gasteiger partial charge >= 0.3 is 0 Å². The van der Waals surface area contributed by atoms with Gasteiger partial charge in [-0.1, -0.05) is 19.8 Å². The molecule has 0 bridgehead atoms. The topological polar surface area (TPSA) is 43.8 Å². The van der Waals surface area contributed by atoms with Gasteiger partial charge in [0.15, 0.2) is 0 Å². The van der Waals surface area contributed by atoms with Crippen molar-refractivity contribution in [2.45, 2.75) is 39.0 Å². The highest BCUT2D eigenvalue weighted by atomic mass is 15.2. The number of nitrogens with two attached hydrogens (primary N) is 1. The first-order chi connectivity index (χ1) is 8.22. The molecule has 3 heteroatoms. The summed E-state index contributed by atoms with van der Waals surface area (Å²) in [7, 11) is 1.99. The SMILES string of the molecule is CCC1CCC(CN)C(Cc2ccn(C)n2)C1. The predicted octanol–water partition coefficient (Wildman–Crippen LogP) is 2.36. The maximum Gasteiger partial charge on any atom is 0.0627 e. The first-order valence-corrected chi connectivity index (χ1v) is 6.91. The fourth-order valence-corrected chi connectivity index (χ4v) is 3.20. The predicted molar refractivity (Wildman–Crippen MR) is 70.6 cm³/mol. The summed E-state index contributed by atoms with van der Waals surface area (Å²) in [6.07, 6.45) is 8.49. The molecule has 0 radical (unpaired) electrons. The molecule has 1 aromatic rings. The van der Waals surface area contributed by atoms with Crippen molar-refractivity contribution in [3.63, 3.8) is 0 Å². The van der Waals surface area contributed by atoms with E-state index in [0.29, 0.717) is 5.92 Å². The van der Waals surface area contributed by atoms with E-state index in [4.69, 9.17) is 5.73 Å². The molecule has 96 valence electrons. The zero-order valence-corrected chi connectivity index (χ0v) is 11.1. The standard InChI is InChI=1S/C14H25N3/c1-3-11-4-5-12(10-15)13(8-11)9-14-6-7-17(2)16-14/h6-7,11-13H,3-5,8-10,15H2,1-2H3. The Labute approximate surface area is 104 Å². The molecule has 2 rings (SSSR count). The quantitative estimate of drug-likeness (QED) is 0.870. The van der Waals surface area contributed by atoms with Crippen molar-refractivity contribution in [1.82, 2.24) is 9.78 Å². The molecule has 1 saturated carbocycles. The van der Waals surface area contributed by atoms with Crippen LogP contribution in [0.3, 0.4) is 0 Å². The summed E-state index contributed by atoms with van der Waals surface area (Å²) in [6.45, 7) is 3.15. The van der Waals surface area contributed by atoms with Gasteiger partial charge in [-0.3, -0.25) is 4.68 Å². The van der Waals surface area contributed by atoms with Gasteiger partial charge in [-0.05, 0) is 49.6 Å². The molecule has 0 aromatic carbocycles. The van der Waals surface area contributed by atoms with Gasteiger partial charge in [-0.15, -0.1) is 0 Å². The van der Waals surface area contributed by atoms with Crippen molar-refractivity contribution in [3.8, 4) is 0 Å². The minimum atomic E-state index is 0.708. The second kappa shape index (κ2) is 5.67. The number of aryl methyl sites for hydroxylation is 1. The van der Waals surface area contributed by atoms with Crippen molar-refractivity contribution in [2.75, 3.05) is 6.54 Å². The third-order valence-corrected chi connectivity index (χ3v) is 4.37. The van der Waals surface area contributed by atoms with E-state index >= 15 is 0 Å². The van der Waals surface area contributed by atoms with E-state index in [1.165, 1.54) is 31.4 Å². The van der Waals surface area contributed by atoms with E-state index in [2.05, 4.69) is 18.1 Å². The van der Waals surface area contributed by atoms with E-state index < -0.39 is 0 Å². The van der Waals surface area contributed by atoms with Crippen LogP contribution in [0.2, 0.25) is 0 Å². The van der Waals surface area contributed by atoms with E-state index in [1.54, 1.807) is 0 Å². The summed E-state index contributed by atoms with van der Waals surface area (Å²) >= 11 is 0. The summed E-state index contributed by atoms with van der Waals surface area (Å²) < 4.78 is 1.90. The van der Waals surface area contributed by atoms with Crippen LogP contribution < -0.4 is 5.73 Å². The maximum absolute atomic E-state index is 5.91. The third-order valence-electron chi connectivity index (χ3n) is 4.37. The molecule has 0 aliphatic heterocycles. The molecule has 17 heavy (non-hydrogen) atoms. The third kappa shape index (κ3) is 3.09. The lowest BCUT2D eigenvalue weighted by atomic mass is 9.71. The molecular weight excluding hydrogens is 210 g/mol. The van der Waals surface area contributed by atoms with Crippen LogP contribution in [0, 0.1) is 17.8 Å². The van der Waals surface area contributed by atoms with Crippen LogP contribution in [0.25, 0.3) is 0 Å². The van der Waals surface area contributed by atoms with Gasteiger partial charge < -0.3 is 5.73 Å². The molecule has 1 heterocycles. The zero-order chi connectivity index (χ0) is 12.3. The number of rotatable bonds is 4. The van der Waals surface area contributed by atoms with E-state index in [9.17, 15) is 0 Å². The van der Waals surface area contributed by atoms with Crippen LogP contribution in [0.1, 0.15) is 38.3 Å². The summed E-state index contributed by atoms with van der Waals surface area (Å²) in [5.74, 6) is 2.36. The Morgan fingerprint density at radius 2 is 2.24 bits per heavy atom. The minimum Gasteiger partial charge on any atom is -0.330 e. The number of aromatic nitrogens is 2. The normalized spacial score (nSPS) is 29.5. The Morgan fingerprint density at radius 3 is 2.82 bits per heavy atom. The van der Waals surface area contributed by atoms with Gasteiger partial charge in [0, 0.05) is 13.2 Å². The maximum atomic E-state index is 5.91. The summed E-state index contributed by atoms with van der Waals surface area (Å²) in [5.41, 5.74) is 7.14. The second-order valence-corrected chi connectivity index (χ2v) is 5.53. The average Bonchev–Trinajstić information content (AvgIpc) is 2.74. The monoisotopic (exact) mass is 235 g/mol. The van der Waals surface area contributed by atoms with Gasteiger partial charge in [-0.25, -0.2) is 0 Å². The fraction of sp³-hybridized carbons (Fsp3) is 0.786. The zero-order valence-electron chi connectivity index (χ0n) is 11.1. The molecule has 0 amide bonds. The highest BCUT2D eigenvalue weighted by molar-refractivity contribution is 5.01. The molecule has 0 spiro atoms. The molecule has 2 N–H and O–H groups in total. The van der Waals surface area contributed by atoms with Crippen molar-refractivity contribution in [2.24, 2.45) is 30.5 Å². The summed E-state index contributed by atoms with van der Waals surface area (Å²) in [5, 5.41) is 4.50. The lowest BCUT2D eigenvalue weighted by Gasteiger charge is -2.35. The molecule has 3 atom stereocenters. The Bertz CT molecular complexity index is 345. The Kier molecular flexibility index (Phi) is 4.21. The van der Waals surface area contributed by atoms with E-state index in [-0.39, 0.29) is 0 Å². The highest BCUT2D eigenvalue weighted by Gasteiger charge is 2.29. The van der Waals surface area contributed by atoms with Crippen LogP contribution in [0.15, 0.2) is 12.3 Å². The Morgan fingerprint density at radius 1 is 1.41 bits per heavy atom. The molecule has 1 fully saturated rings. The second-order valence-electron chi connectivity index (χ2n) is 5.53.